The highest BCUT2D eigenvalue weighted by Gasteiger charge is 2.29. The fourth-order valence-corrected chi connectivity index (χ4v) is 1.40. The van der Waals surface area contributed by atoms with E-state index < -0.39 is 17.5 Å². The van der Waals surface area contributed by atoms with Crippen molar-refractivity contribution in [1.29, 1.82) is 0 Å². The van der Waals surface area contributed by atoms with Crippen molar-refractivity contribution in [3.8, 4) is 0 Å². The highest BCUT2D eigenvalue weighted by atomic mass is 16.5. The minimum Gasteiger partial charge on any atom is -0.481 e. The van der Waals surface area contributed by atoms with Gasteiger partial charge in [-0.3, -0.25) is 10.1 Å². The number of carbonyl (C=O) groups is 2. The van der Waals surface area contributed by atoms with Gasteiger partial charge in [0.25, 0.3) is 0 Å². The van der Waals surface area contributed by atoms with Gasteiger partial charge in [0, 0.05) is 5.69 Å². The summed E-state index contributed by atoms with van der Waals surface area (Å²) < 4.78 is 4.78. The van der Waals surface area contributed by atoms with E-state index in [2.05, 4.69) is 11.9 Å². The van der Waals surface area contributed by atoms with Gasteiger partial charge in [0.15, 0.2) is 0 Å². The Morgan fingerprint density at radius 1 is 1.47 bits per heavy atom. The number of hydrogen-bond acceptors (Lipinski definition) is 3. The second-order valence-corrected chi connectivity index (χ2v) is 4.52. The van der Waals surface area contributed by atoms with Crippen molar-refractivity contribution >= 4 is 17.7 Å². The van der Waals surface area contributed by atoms with Crippen molar-refractivity contribution in [3.05, 3.63) is 42.5 Å². The van der Waals surface area contributed by atoms with Crippen LogP contribution in [0.25, 0.3) is 0 Å². The molecule has 1 rings (SSSR count). The molecular weight excluding hydrogens is 246 g/mol. The molecule has 0 aliphatic rings. The second-order valence-electron chi connectivity index (χ2n) is 4.52. The lowest BCUT2D eigenvalue weighted by Gasteiger charge is -2.20. The quantitative estimate of drug-likeness (QED) is 0.801. The highest BCUT2D eigenvalue weighted by Crippen LogP contribution is 2.25. The van der Waals surface area contributed by atoms with Gasteiger partial charge in [-0.1, -0.05) is 24.8 Å². The lowest BCUT2D eigenvalue weighted by molar-refractivity contribution is -0.142. The fourth-order valence-electron chi connectivity index (χ4n) is 1.40. The summed E-state index contributed by atoms with van der Waals surface area (Å²) in [6.07, 6.45) is 0.856. The number of anilines is 1. The molecule has 0 atom stereocenters. The molecule has 0 fully saturated rings. The minimum absolute atomic E-state index is 0.117. The lowest BCUT2D eigenvalue weighted by Crippen LogP contribution is -2.28. The van der Waals surface area contributed by atoms with Gasteiger partial charge in [-0.2, -0.15) is 0 Å². The van der Waals surface area contributed by atoms with E-state index in [1.54, 1.807) is 38.1 Å². The molecule has 0 saturated carbocycles. The number of carboxylic acid groups (broad SMARTS) is 1. The standard InChI is InChI=1S/C14H17NO4/c1-4-8-19-13(18)15-11-7-5-6-10(9-11)14(2,3)12(16)17/h4-7,9H,1,8H2,2-3H3,(H,15,18)(H,16,17). The molecule has 5 nitrogen and oxygen atoms in total. The molecule has 0 aromatic heterocycles. The van der Waals surface area contributed by atoms with Gasteiger partial charge >= 0.3 is 12.1 Å². The zero-order chi connectivity index (χ0) is 14.5. The number of aliphatic carboxylic acids is 1. The monoisotopic (exact) mass is 263 g/mol. The molecule has 0 spiro atoms. The predicted molar refractivity (Wildman–Crippen MR) is 72.3 cm³/mol. The van der Waals surface area contributed by atoms with Crippen LogP contribution in [-0.4, -0.2) is 23.8 Å². The summed E-state index contributed by atoms with van der Waals surface area (Å²) in [6, 6.07) is 6.66. The summed E-state index contributed by atoms with van der Waals surface area (Å²) in [7, 11) is 0. The number of amides is 1. The summed E-state index contributed by atoms with van der Waals surface area (Å²) in [4.78, 5) is 22.5. The summed E-state index contributed by atoms with van der Waals surface area (Å²) in [5.41, 5.74) is 0.0605. The first-order valence-electron chi connectivity index (χ1n) is 5.76. The first-order valence-corrected chi connectivity index (χ1v) is 5.76. The molecule has 0 aliphatic heterocycles. The number of nitrogens with one attached hydrogen (secondary N) is 1. The molecule has 5 heteroatoms. The smallest absolute Gasteiger partial charge is 0.411 e. The van der Waals surface area contributed by atoms with Crippen molar-refractivity contribution in [3.63, 3.8) is 0 Å². The first-order chi connectivity index (χ1) is 8.87. The fraction of sp³-hybridized carbons (Fsp3) is 0.286. The number of rotatable bonds is 5. The van der Waals surface area contributed by atoms with Crippen LogP contribution in [0.3, 0.4) is 0 Å². The van der Waals surface area contributed by atoms with Crippen molar-refractivity contribution in [2.45, 2.75) is 19.3 Å². The molecule has 1 aromatic rings. The van der Waals surface area contributed by atoms with Gasteiger partial charge in [0.05, 0.1) is 5.41 Å². The van der Waals surface area contributed by atoms with E-state index in [0.29, 0.717) is 11.3 Å². The average Bonchev–Trinajstić information content (AvgIpc) is 2.36. The summed E-state index contributed by atoms with van der Waals surface area (Å²) in [5, 5.41) is 11.7. The number of ether oxygens (including phenoxy) is 1. The first kappa shape index (κ1) is 14.8. The van der Waals surface area contributed by atoms with Crippen LogP contribution < -0.4 is 5.32 Å². The molecule has 1 amide bonds. The minimum atomic E-state index is -1.03. The van der Waals surface area contributed by atoms with Crippen LogP contribution in [0, 0.1) is 0 Å². The third-order valence-corrected chi connectivity index (χ3v) is 2.70. The molecule has 1 aromatic carbocycles. The van der Waals surface area contributed by atoms with Crippen molar-refractivity contribution in [2.75, 3.05) is 11.9 Å². The molecule has 0 radical (unpaired) electrons. The van der Waals surface area contributed by atoms with Crippen LogP contribution in [0.2, 0.25) is 0 Å². The third-order valence-electron chi connectivity index (χ3n) is 2.70. The predicted octanol–water partition coefficient (Wildman–Crippen LogP) is 2.78. The van der Waals surface area contributed by atoms with Gasteiger partial charge in [-0.05, 0) is 31.5 Å². The van der Waals surface area contributed by atoms with Crippen molar-refractivity contribution in [2.24, 2.45) is 0 Å². The lowest BCUT2D eigenvalue weighted by atomic mass is 9.84. The van der Waals surface area contributed by atoms with E-state index >= 15 is 0 Å². The van der Waals surface area contributed by atoms with E-state index in [-0.39, 0.29) is 6.61 Å². The van der Waals surface area contributed by atoms with Gasteiger partial charge in [-0.25, -0.2) is 4.79 Å². The van der Waals surface area contributed by atoms with E-state index in [0.717, 1.165) is 0 Å². The largest absolute Gasteiger partial charge is 0.481 e. The Bertz CT molecular complexity index is 494. The van der Waals surface area contributed by atoms with E-state index in [9.17, 15) is 9.59 Å². The molecule has 2 N–H and O–H groups in total. The number of benzene rings is 1. The summed E-state index contributed by atoms with van der Waals surface area (Å²) >= 11 is 0. The third kappa shape index (κ3) is 3.84. The number of hydrogen-bond donors (Lipinski definition) is 2. The van der Waals surface area contributed by atoms with Gasteiger partial charge < -0.3 is 9.84 Å². The molecule has 102 valence electrons. The Kier molecular flexibility index (Phi) is 4.69. The molecule has 19 heavy (non-hydrogen) atoms. The van der Waals surface area contributed by atoms with Crippen LogP contribution in [0.1, 0.15) is 19.4 Å². The van der Waals surface area contributed by atoms with Gasteiger partial charge in [0.1, 0.15) is 6.61 Å². The molecule has 0 bridgehead atoms. The summed E-state index contributed by atoms with van der Waals surface area (Å²) in [5.74, 6) is -0.932. The Hall–Kier alpha value is -2.30. The van der Waals surface area contributed by atoms with E-state index in [4.69, 9.17) is 9.84 Å². The Balaban J connectivity index is 2.86. The molecular formula is C14H17NO4. The topological polar surface area (TPSA) is 75.6 Å². The van der Waals surface area contributed by atoms with Crippen LogP contribution in [0.5, 0.6) is 0 Å². The Labute approximate surface area is 111 Å². The normalized spacial score (nSPS) is 10.6. The zero-order valence-electron chi connectivity index (χ0n) is 11.0. The van der Waals surface area contributed by atoms with Gasteiger partial charge in [-0.15, -0.1) is 0 Å². The number of carbonyl (C=O) groups excluding carboxylic acids is 1. The highest BCUT2D eigenvalue weighted by molar-refractivity contribution is 5.86. The van der Waals surface area contributed by atoms with Crippen LogP contribution in [-0.2, 0) is 14.9 Å². The molecule has 0 heterocycles. The maximum absolute atomic E-state index is 11.4. The molecule has 0 unspecified atom stereocenters. The Morgan fingerprint density at radius 2 is 2.16 bits per heavy atom. The summed E-state index contributed by atoms with van der Waals surface area (Å²) in [6.45, 7) is 6.76. The maximum atomic E-state index is 11.4. The SMILES string of the molecule is C=CCOC(=O)Nc1cccc(C(C)(C)C(=O)O)c1. The zero-order valence-corrected chi connectivity index (χ0v) is 11.0. The van der Waals surface area contributed by atoms with Crippen LogP contribution in [0.4, 0.5) is 10.5 Å². The van der Waals surface area contributed by atoms with Crippen molar-refractivity contribution < 1.29 is 19.4 Å². The average molecular weight is 263 g/mol. The van der Waals surface area contributed by atoms with Crippen LogP contribution in [0.15, 0.2) is 36.9 Å². The maximum Gasteiger partial charge on any atom is 0.411 e. The van der Waals surface area contributed by atoms with E-state index in [1.807, 2.05) is 0 Å². The second kappa shape index (κ2) is 6.04. The molecule has 0 saturated heterocycles. The van der Waals surface area contributed by atoms with Crippen molar-refractivity contribution in [1.82, 2.24) is 0 Å². The molecule has 0 aliphatic carbocycles. The number of carboxylic acids is 1. The van der Waals surface area contributed by atoms with E-state index in [1.165, 1.54) is 6.08 Å². The van der Waals surface area contributed by atoms with Crippen LogP contribution >= 0.6 is 0 Å². The Morgan fingerprint density at radius 3 is 2.74 bits per heavy atom. The van der Waals surface area contributed by atoms with Gasteiger partial charge in [0.2, 0.25) is 0 Å².